The van der Waals surface area contributed by atoms with Crippen molar-refractivity contribution in [1.29, 1.82) is 0 Å². The third-order valence-corrected chi connectivity index (χ3v) is 1.46. The predicted octanol–water partition coefficient (Wildman–Crippen LogP) is 3.27. The first-order valence-electron chi connectivity index (χ1n) is 4.07. The van der Waals surface area contributed by atoms with E-state index in [-0.39, 0.29) is 0 Å². The molecule has 0 radical (unpaired) electrons. The normalized spacial score (nSPS) is 8.33. The second-order valence-electron chi connectivity index (χ2n) is 1.75. The van der Waals surface area contributed by atoms with Gasteiger partial charge in [0.2, 0.25) is 5.88 Å². The van der Waals surface area contributed by atoms with Gasteiger partial charge in [0.25, 0.3) is 0 Å². The molecule has 0 amide bonds. The van der Waals surface area contributed by atoms with Crippen molar-refractivity contribution < 1.29 is 4.74 Å². The van der Waals surface area contributed by atoms with Crippen LogP contribution in [0.1, 0.15) is 20.8 Å². The third-order valence-electron chi connectivity index (χ3n) is 0.992. The topological polar surface area (TPSA) is 22.1 Å². The van der Waals surface area contributed by atoms with Gasteiger partial charge in [-0.15, -0.1) is 0 Å². The van der Waals surface area contributed by atoms with Crippen LogP contribution in [-0.2, 0) is 0 Å². The monoisotopic (exact) mass is 231 g/mol. The SMILES string of the molecule is CC.CCOc1ccc(Br)cn1. The Morgan fingerprint density at radius 1 is 1.42 bits per heavy atom. The molecule has 1 heterocycles. The average molecular weight is 232 g/mol. The first kappa shape index (κ1) is 11.4. The molecule has 0 fully saturated rings. The van der Waals surface area contributed by atoms with Gasteiger partial charge in [-0.1, -0.05) is 13.8 Å². The molecule has 0 unspecified atom stereocenters. The molecule has 12 heavy (non-hydrogen) atoms. The van der Waals surface area contributed by atoms with Gasteiger partial charge in [-0.25, -0.2) is 4.98 Å². The quantitative estimate of drug-likeness (QED) is 0.780. The van der Waals surface area contributed by atoms with Gasteiger partial charge in [-0.05, 0) is 28.9 Å². The van der Waals surface area contributed by atoms with Gasteiger partial charge in [0.15, 0.2) is 0 Å². The highest BCUT2D eigenvalue weighted by Crippen LogP contribution is 2.11. The lowest BCUT2D eigenvalue weighted by Gasteiger charge is -1.99. The van der Waals surface area contributed by atoms with Crippen LogP contribution in [0.15, 0.2) is 22.8 Å². The Bertz CT molecular complexity index is 198. The maximum absolute atomic E-state index is 5.13. The van der Waals surface area contributed by atoms with Crippen molar-refractivity contribution in [3.05, 3.63) is 22.8 Å². The van der Waals surface area contributed by atoms with Crippen LogP contribution < -0.4 is 4.74 Å². The Morgan fingerprint density at radius 2 is 2.08 bits per heavy atom. The van der Waals surface area contributed by atoms with Crippen molar-refractivity contribution >= 4 is 15.9 Å². The lowest BCUT2D eigenvalue weighted by atomic mass is 10.5. The second kappa shape index (κ2) is 7.10. The van der Waals surface area contributed by atoms with Crippen molar-refractivity contribution in [2.75, 3.05) is 6.61 Å². The number of pyridine rings is 1. The Morgan fingerprint density at radius 3 is 2.50 bits per heavy atom. The third kappa shape index (κ3) is 4.34. The number of halogens is 1. The van der Waals surface area contributed by atoms with Crippen LogP contribution in [0.4, 0.5) is 0 Å². The Balaban J connectivity index is 0.000000561. The molecule has 1 rings (SSSR count). The number of aromatic nitrogens is 1. The zero-order valence-electron chi connectivity index (χ0n) is 7.67. The molecule has 3 heteroatoms. The van der Waals surface area contributed by atoms with Gasteiger partial charge in [0.05, 0.1) is 6.61 Å². The summed E-state index contributed by atoms with van der Waals surface area (Å²) in [6, 6.07) is 3.73. The summed E-state index contributed by atoms with van der Waals surface area (Å²) in [5.74, 6) is 0.672. The maximum atomic E-state index is 5.13. The maximum Gasteiger partial charge on any atom is 0.213 e. The zero-order chi connectivity index (χ0) is 9.40. The highest BCUT2D eigenvalue weighted by Gasteiger charge is 1.90. The number of nitrogens with zero attached hydrogens (tertiary/aromatic N) is 1. The highest BCUT2D eigenvalue weighted by molar-refractivity contribution is 9.10. The smallest absolute Gasteiger partial charge is 0.213 e. The van der Waals surface area contributed by atoms with Crippen molar-refractivity contribution in [2.24, 2.45) is 0 Å². The molecule has 1 aromatic rings. The first-order valence-corrected chi connectivity index (χ1v) is 4.86. The van der Waals surface area contributed by atoms with E-state index in [1.165, 1.54) is 0 Å². The van der Waals surface area contributed by atoms with Crippen LogP contribution in [0, 0.1) is 0 Å². The van der Waals surface area contributed by atoms with Crippen LogP contribution in [0.2, 0.25) is 0 Å². The molecule has 0 aliphatic carbocycles. The molecular formula is C9H14BrNO. The summed E-state index contributed by atoms with van der Waals surface area (Å²) in [5, 5.41) is 0. The van der Waals surface area contributed by atoms with E-state index in [2.05, 4.69) is 20.9 Å². The highest BCUT2D eigenvalue weighted by atomic mass is 79.9. The lowest BCUT2D eigenvalue weighted by molar-refractivity contribution is 0.327. The number of rotatable bonds is 2. The molecule has 0 atom stereocenters. The van der Waals surface area contributed by atoms with Crippen LogP contribution in [0.3, 0.4) is 0 Å². The molecule has 1 aromatic heterocycles. The molecule has 0 bridgehead atoms. The Labute approximate surface area is 82.1 Å². The minimum Gasteiger partial charge on any atom is -0.478 e. The van der Waals surface area contributed by atoms with Crippen LogP contribution >= 0.6 is 15.9 Å². The first-order chi connectivity index (χ1) is 5.83. The fraction of sp³-hybridized carbons (Fsp3) is 0.444. The Kier molecular flexibility index (Phi) is 6.76. The minimum atomic E-state index is 0.661. The largest absolute Gasteiger partial charge is 0.478 e. The predicted molar refractivity (Wildman–Crippen MR) is 54.5 cm³/mol. The van der Waals surface area contributed by atoms with E-state index in [1.807, 2.05) is 32.9 Å². The van der Waals surface area contributed by atoms with Gasteiger partial charge in [0, 0.05) is 16.7 Å². The molecule has 0 aliphatic heterocycles. The van der Waals surface area contributed by atoms with Gasteiger partial charge in [0.1, 0.15) is 0 Å². The van der Waals surface area contributed by atoms with Gasteiger partial charge in [-0.3, -0.25) is 0 Å². The lowest BCUT2D eigenvalue weighted by Crippen LogP contribution is -1.92. The van der Waals surface area contributed by atoms with Crippen LogP contribution in [-0.4, -0.2) is 11.6 Å². The minimum absolute atomic E-state index is 0.661. The summed E-state index contributed by atoms with van der Waals surface area (Å²) >= 11 is 3.28. The summed E-state index contributed by atoms with van der Waals surface area (Å²) in [7, 11) is 0. The van der Waals surface area contributed by atoms with Gasteiger partial charge >= 0.3 is 0 Å². The van der Waals surface area contributed by atoms with E-state index in [9.17, 15) is 0 Å². The van der Waals surface area contributed by atoms with E-state index in [0.717, 1.165) is 4.47 Å². The summed E-state index contributed by atoms with van der Waals surface area (Å²) in [6.45, 7) is 6.60. The number of hydrogen-bond donors (Lipinski definition) is 0. The van der Waals surface area contributed by atoms with Gasteiger partial charge < -0.3 is 4.74 Å². The molecule has 2 nitrogen and oxygen atoms in total. The average Bonchev–Trinajstić information content (AvgIpc) is 2.13. The molecule has 0 spiro atoms. The van der Waals surface area contributed by atoms with E-state index in [1.54, 1.807) is 6.20 Å². The molecular weight excluding hydrogens is 218 g/mol. The van der Waals surface area contributed by atoms with Crippen LogP contribution in [0.25, 0.3) is 0 Å². The van der Waals surface area contributed by atoms with E-state index in [0.29, 0.717) is 12.5 Å². The summed E-state index contributed by atoms with van der Waals surface area (Å²) in [5.41, 5.74) is 0. The van der Waals surface area contributed by atoms with E-state index >= 15 is 0 Å². The summed E-state index contributed by atoms with van der Waals surface area (Å²) < 4.78 is 6.10. The Hall–Kier alpha value is -0.570. The number of hydrogen-bond acceptors (Lipinski definition) is 2. The van der Waals surface area contributed by atoms with Crippen molar-refractivity contribution in [3.63, 3.8) is 0 Å². The summed E-state index contributed by atoms with van der Waals surface area (Å²) in [6.07, 6.45) is 1.71. The number of ether oxygens (including phenoxy) is 1. The van der Waals surface area contributed by atoms with E-state index < -0.39 is 0 Å². The van der Waals surface area contributed by atoms with Crippen molar-refractivity contribution in [1.82, 2.24) is 4.98 Å². The second-order valence-corrected chi connectivity index (χ2v) is 2.66. The standard InChI is InChI=1S/C7H8BrNO.C2H6/c1-2-10-7-4-3-6(8)5-9-7;1-2/h3-5H,2H2,1H3;1-2H3. The molecule has 0 saturated carbocycles. The molecule has 0 aliphatic rings. The van der Waals surface area contributed by atoms with E-state index in [4.69, 9.17) is 4.74 Å². The molecule has 0 N–H and O–H groups in total. The van der Waals surface area contributed by atoms with Gasteiger partial charge in [-0.2, -0.15) is 0 Å². The summed E-state index contributed by atoms with van der Waals surface area (Å²) in [4.78, 5) is 4.00. The van der Waals surface area contributed by atoms with Crippen molar-refractivity contribution in [2.45, 2.75) is 20.8 Å². The fourth-order valence-electron chi connectivity index (χ4n) is 0.596. The molecule has 68 valence electrons. The fourth-order valence-corrected chi connectivity index (χ4v) is 0.830. The molecule has 0 saturated heterocycles. The van der Waals surface area contributed by atoms with Crippen LogP contribution in [0.5, 0.6) is 5.88 Å². The molecule has 0 aromatic carbocycles. The zero-order valence-corrected chi connectivity index (χ0v) is 9.26. The van der Waals surface area contributed by atoms with Crippen molar-refractivity contribution in [3.8, 4) is 5.88 Å².